The van der Waals surface area contributed by atoms with Crippen LogP contribution in [0.3, 0.4) is 0 Å². The van der Waals surface area contributed by atoms with E-state index in [4.69, 9.17) is 10.5 Å². The summed E-state index contributed by atoms with van der Waals surface area (Å²) in [6.45, 7) is 2.02. The molecule has 0 aliphatic heterocycles. The number of aromatic nitrogens is 1. The second-order valence-corrected chi connectivity index (χ2v) is 4.77. The van der Waals surface area contributed by atoms with E-state index in [1.54, 1.807) is 7.11 Å². The third-order valence-corrected chi connectivity index (χ3v) is 3.54. The van der Waals surface area contributed by atoms with E-state index in [2.05, 4.69) is 11.1 Å². The molecular formula is C13H20N2O. The molecule has 3 heteroatoms. The van der Waals surface area contributed by atoms with Crippen molar-refractivity contribution in [1.82, 2.24) is 4.98 Å². The van der Waals surface area contributed by atoms with E-state index in [1.165, 1.54) is 19.3 Å². The Bertz CT molecular complexity index is 370. The van der Waals surface area contributed by atoms with Gasteiger partial charge in [0, 0.05) is 17.3 Å². The standard InChI is InChI=1S/C13H20N2O/c1-10-8-11(9-15-12(10)16-2)13(14)6-4-3-5-7-13/h8-9H,3-7,14H2,1-2H3. The number of aryl methyl sites for hydroxylation is 1. The average Bonchev–Trinajstić information content (AvgIpc) is 2.30. The zero-order chi connectivity index (χ0) is 11.6. The number of rotatable bonds is 2. The molecule has 0 radical (unpaired) electrons. The summed E-state index contributed by atoms with van der Waals surface area (Å²) in [5.74, 6) is 0.697. The summed E-state index contributed by atoms with van der Waals surface area (Å²) in [6, 6.07) is 2.12. The van der Waals surface area contributed by atoms with Crippen LogP contribution in [-0.2, 0) is 5.54 Å². The van der Waals surface area contributed by atoms with Gasteiger partial charge in [-0.1, -0.05) is 19.3 Å². The molecule has 1 saturated carbocycles. The number of nitrogens with zero attached hydrogens (tertiary/aromatic N) is 1. The van der Waals surface area contributed by atoms with E-state index in [1.807, 2.05) is 13.1 Å². The topological polar surface area (TPSA) is 48.1 Å². The van der Waals surface area contributed by atoms with Crippen molar-refractivity contribution in [2.75, 3.05) is 7.11 Å². The lowest BCUT2D eigenvalue weighted by Crippen LogP contribution is -2.38. The highest BCUT2D eigenvalue weighted by Crippen LogP contribution is 2.35. The molecule has 1 aromatic heterocycles. The van der Waals surface area contributed by atoms with Crippen LogP contribution >= 0.6 is 0 Å². The third kappa shape index (κ3) is 2.05. The molecule has 0 aromatic carbocycles. The quantitative estimate of drug-likeness (QED) is 0.833. The maximum absolute atomic E-state index is 6.46. The molecule has 1 heterocycles. The fourth-order valence-corrected chi connectivity index (χ4v) is 2.52. The van der Waals surface area contributed by atoms with Gasteiger partial charge in [-0.3, -0.25) is 0 Å². The zero-order valence-electron chi connectivity index (χ0n) is 10.1. The predicted molar refractivity (Wildman–Crippen MR) is 64.5 cm³/mol. The summed E-state index contributed by atoms with van der Waals surface area (Å²) in [5.41, 5.74) is 8.52. The molecule has 0 atom stereocenters. The first-order valence-corrected chi connectivity index (χ1v) is 5.96. The highest BCUT2D eigenvalue weighted by atomic mass is 16.5. The highest BCUT2D eigenvalue weighted by Gasteiger charge is 2.29. The van der Waals surface area contributed by atoms with Crippen LogP contribution in [0.5, 0.6) is 5.88 Å². The van der Waals surface area contributed by atoms with Gasteiger partial charge in [-0.15, -0.1) is 0 Å². The van der Waals surface area contributed by atoms with Crippen molar-refractivity contribution in [1.29, 1.82) is 0 Å². The molecule has 2 N–H and O–H groups in total. The minimum Gasteiger partial charge on any atom is -0.481 e. The van der Waals surface area contributed by atoms with E-state index in [9.17, 15) is 0 Å². The van der Waals surface area contributed by atoms with Crippen molar-refractivity contribution in [3.8, 4) is 5.88 Å². The lowest BCUT2D eigenvalue weighted by molar-refractivity contribution is 0.300. The van der Waals surface area contributed by atoms with Crippen LogP contribution in [0.15, 0.2) is 12.3 Å². The van der Waals surface area contributed by atoms with Gasteiger partial charge in [0.1, 0.15) is 0 Å². The molecule has 1 aromatic rings. The second kappa shape index (κ2) is 4.42. The van der Waals surface area contributed by atoms with Gasteiger partial charge in [-0.05, 0) is 31.4 Å². The summed E-state index contributed by atoms with van der Waals surface area (Å²) < 4.78 is 5.17. The van der Waals surface area contributed by atoms with Crippen LogP contribution in [-0.4, -0.2) is 12.1 Å². The Hall–Kier alpha value is -1.09. The monoisotopic (exact) mass is 220 g/mol. The van der Waals surface area contributed by atoms with E-state index < -0.39 is 0 Å². The average molecular weight is 220 g/mol. The van der Waals surface area contributed by atoms with Crippen molar-refractivity contribution in [3.05, 3.63) is 23.4 Å². The Morgan fingerprint density at radius 1 is 1.31 bits per heavy atom. The third-order valence-electron chi connectivity index (χ3n) is 3.54. The number of methoxy groups -OCH3 is 1. The molecule has 16 heavy (non-hydrogen) atoms. The van der Waals surface area contributed by atoms with Gasteiger partial charge in [0.2, 0.25) is 5.88 Å². The summed E-state index contributed by atoms with van der Waals surface area (Å²) in [5, 5.41) is 0. The largest absolute Gasteiger partial charge is 0.481 e. The molecular weight excluding hydrogens is 200 g/mol. The zero-order valence-corrected chi connectivity index (χ0v) is 10.1. The van der Waals surface area contributed by atoms with E-state index in [-0.39, 0.29) is 5.54 Å². The molecule has 3 nitrogen and oxygen atoms in total. The number of hydrogen-bond donors (Lipinski definition) is 1. The minimum absolute atomic E-state index is 0.164. The predicted octanol–water partition coefficient (Wildman–Crippen LogP) is 2.52. The normalized spacial score (nSPS) is 19.4. The molecule has 0 bridgehead atoms. The van der Waals surface area contributed by atoms with Gasteiger partial charge in [0.15, 0.2) is 0 Å². The summed E-state index contributed by atoms with van der Waals surface area (Å²) >= 11 is 0. The van der Waals surface area contributed by atoms with Gasteiger partial charge in [-0.2, -0.15) is 0 Å². The van der Waals surface area contributed by atoms with Gasteiger partial charge in [0.25, 0.3) is 0 Å². The van der Waals surface area contributed by atoms with Crippen molar-refractivity contribution in [2.24, 2.45) is 5.73 Å². The maximum Gasteiger partial charge on any atom is 0.215 e. The van der Waals surface area contributed by atoms with Crippen molar-refractivity contribution in [2.45, 2.75) is 44.6 Å². The Morgan fingerprint density at radius 2 is 2.00 bits per heavy atom. The molecule has 0 amide bonds. The van der Waals surface area contributed by atoms with Gasteiger partial charge in [0.05, 0.1) is 7.11 Å². The molecule has 0 saturated heterocycles. The Kier molecular flexibility index (Phi) is 3.15. The molecule has 0 unspecified atom stereocenters. The first kappa shape index (κ1) is 11.4. The smallest absolute Gasteiger partial charge is 0.215 e. The maximum atomic E-state index is 6.46. The molecule has 88 valence electrons. The molecule has 1 fully saturated rings. The van der Waals surface area contributed by atoms with E-state index >= 15 is 0 Å². The Balaban J connectivity index is 2.29. The van der Waals surface area contributed by atoms with Crippen molar-refractivity contribution in [3.63, 3.8) is 0 Å². The highest BCUT2D eigenvalue weighted by molar-refractivity contribution is 5.32. The number of ether oxygens (including phenoxy) is 1. The molecule has 2 rings (SSSR count). The summed E-state index contributed by atoms with van der Waals surface area (Å²) in [6.07, 6.45) is 7.77. The fourth-order valence-electron chi connectivity index (χ4n) is 2.52. The van der Waals surface area contributed by atoms with Crippen LogP contribution in [0.1, 0.15) is 43.2 Å². The SMILES string of the molecule is COc1ncc(C2(N)CCCCC2)cc1C. The van der Waals surface area contributed by atoms with Gasteiger partial charge >= 0.3 is 0 Å². The molecule has 0 spiro atoms. The van der Waals surface area contributed by atoms with Crippen molar-refractivity contribution >= 4 is 0 Å². The lowest BCUT2D eigenvalue weighted by atomic mass is 9.78. The van der Waals surface area contributed by atoms with Crippen LogP contribution in [0, 0.1) is 6.92 Å². The van der Waals surface area contributed by atoms with E-state index in [0.29, 0.717) is 5.88 Å². The number of hydrogen-bond acceptors (Lipinski definition) is 3. The number of nitrogens with two attached hydrogens (primary N) is 1. The Labute approximate surface area is 97.0 Å². The summed E-state index contributed by atoms with van der Waals surface area (Å²) in [7, 11) is 1.65. The van der Waals surface area contributed by atoms with Crippen molar-refractivity contribution < 1.29 is 4.74 Å². The first-order valence-electron chi connectivity index (χ1n) is 5.96. The molecule has 1 aliphatic carbocycles. The fraction of sp³-hybridized carbons (Fsp3) is 0.615. The van der Waals surface area contributed by atoms with Crippen LogP contribution in [0.25, 0.3) is 0 Å². The lowest BCUT2D eigenvalue weighted by Gasteiger charge is -2.33. The second-order valence-electron chi connectivity index (χ2n) is 4.77. The van der Waals surface area contributed by atoms with Crippen LogP contribution in [0.2, 0.25) is 0 Å². The van der Waals surface area contributed by atoms with Gasteiger partial charge in [-0.25, -0.2) is 4.98 Å². The van der Waals surface area contributed by atoms with Gasteiger partial charge < -0.3 is 10.5 Å². The summed E-state index contributed by atoms with van der Waals surface area (Å²) in [4.78, 5) is 4.31. The minimum atomic E-state index is -0.164. The Morgan fingerprint density at radius 3 is 2.56 bits per heavy atom. The van der Waals surface area contributed by atoms with Crippen LogP contribution < -0.4 is 10.5 Å². The number of pyridine rings is 1. The molecule has 1 aliphatic rings. The van der Waals surface area contributed by atoms with E-state index in [0.717, 1.165) is 24.0 Å². The first-order chi connectivity index (χ1) is 7.65. The van der Waals surface area contributed by atoms with Crippen LogP contribution in [0.4, 0.5) is 0 Å².